The lowest BCUT2D eigenvalue weighted by Gasteiger charge is -2.28. The van der Waals surface area contributed by atoms with Crippen molar-refractivity contribution in [1.29, 1.82) is 0 Å². The van der Waals surface area contributed by atoms with E-state index < -0.39 is 11.8 Å². The van der Waals surface area contributed by atoms with Gasteiger partial charge in [-0.2, -0.15) is 4.99 Å². The highest BCUT2D eigenvalue weighted by Gasteiger charge is 2.35. The number of methoxy groups -OCH3 is 1. The zero-order valence-electron chi connectivity index (χ0n) is 25.7. The van der Waals surface area contributed by atoms with Gasteiger partial charge in [-0.05, 0) is 77.4 Å². The molecule has 10 heteroatoms. The van der Waals surface area contributed by atoms with Crippen LogP contribution in [0.1, 0.15) is 36.6 Å². The monoisotopic (exact) mass is 747 g/mol. The molecule has 3 aromatic carbocycles. The quantitative estimate of drug-likeness (QED) is 0.0921. The van der Waals surface area contributed by atoms with Crippen molar-refractivity contribution < 1.29 is 23.9 Å². The molecule has 4 rings (SSSR count). The zero-order valence-corrected chi connectivity index (χ0v) is 28.7. The number of nitrogens with zero attached hydrogens (tertiary/aromatic N) is 2. The molecular formula is C36H34IN3O5S. The number of rotatable bonds is 12. The van der Waals surface area contributed by atoms with Gasteiger partial charge in [0.05, 0.1) is 29.1 Å². The number of allylic oxidation sites excluding steroid dienone is 4. The number of ether oxygens (including phenoxy) is 2. The van der Waals surface area contributed by atoms with Gasteiger partial charge in [-0.15, -0.1) is 0 Å². The van der Waals surface area contributed by atoms with Crippen molar-refractivity contribution in [3.8, 4) is 11.5 Å². The fraction of sp³-hybridized carbons (Fsp3) is 0.167. The van der Waals surface area contributed by atoms with E-state index in [4.69, 9.17) is 9.47 Å². The van der Waals surface area contributed by atoms with Crippen LogP contribution in [-0.4, -0.2) is 47.3 Å². The first-order chi connectivity index (χ1) is 22.3. The van der Waals surface area contributed by atoms with E-state index in [0.717, 1.165) is 26.5 Å². The molecule has 0 saturated carbocycles. The number of thioether (sulfide) groups is 1. The van der Waals surface area contributed by atoms with Crippen LogP contribution in [0.15, 0.2) is 120 Å². The van der Waals surface area contributed by atoms with Gasteiger partial charge in [0, 0.05) is 5.70 Å². The molecular weight excluding hydrogens is 713 g/mol. The Bertz CT molecular complexity index is 1680. The summed E-state index contributed by atoms with van der Waals surface area (Å²) in [6, 6.07) is 22.5. The average Bonchev–Trinajstić information content (AvgIpc) is 3.06. The van der Waals surface area contributed by atoms with Crippen LogP contribution in [0.5, 0.6) is 11.5 Å². The van der Waals surface area contributed by atoms with Crippen LogP contribution in [0.3, 0.4) is 0 Å². The number of hydrogen-bond acceptors (Lipinski definition) is 6. The van der Waals surface area contributed by atoms with Gasteiger partial charge in [-0.25, -0.2) is 0 Å². The van der Waals surface area contributed by atoms with Gasteiger partial charge in [0.25, 0.3) is 11.8 Å². The summed E-state index contributed by atoms with van der Waals surface area (Å²) in [7, 11) is 1.55. The molecule has 0 unspecified atom stereocenters. The van der Waals surface area contributed by atoms with Crippen LogP contribution < -0.4 is 14.8 Å². The van der Waals surface area contributed by atoms with Gasteiger partial charge in [0.15, 0.2) is 16.7 Å². The molecule has 236 valence electrons. The van der Waals surface area contributed by atoms with E-state index in [9.17, 15) is 14.4 Å². The highest BCUT2D eigenvalue weighted by atomic mass is 127. The van der Waals surface area contributed by atoms with Crippen molar-refractivity contribution in [1.82, 2.24) is 10.2 Å². The Kier molecular flexibility index (Phi) is 12.6. The highest BCUT2D eigenvalue weighted by Crippen LogP contribution is 2.35. The third kappa shape index (κ3) is 8.43. The van der Waals surface area contributed by atoms with Gasteiger partial charge < -0.3 is 14.8 Å². The first kappa shape index (κ1) is 34.5. The van der Waals surface area contributed by atoms with Gasteiger partial charge >= 0.3 is 0 Å². The normalized spacial score (nSPS) is 14.5. The molecule has 0 atom stereocenters. The molecule has 0 fully saturated rings. The largest absolute Gasteiger partial charge is 0.492 e. The highest BCUT2D eigenvalue weighted by molar-refractivity contribution is 14.1. The summed E-state index contributed by atoms with van der Waals surface area (Å²) in [5, 5.41) is 3.19. The van der Waals surface area contributed by atoms with Crippen LogP contribution in [0.2, 0.25) is 0 Å². The number of amidine groups is 1. The summed E-state index contributed by atoms with van der Waals surface area (Å²) in [6.45, 7) is 7.76. The summed E-state index contributed by atoms with van der Waals surface area (Å²) in [4.78, 5) is 46.4. The molecule has 1 aliphatic heterocycles. The molecule has 3 aromatic rings. The molecule has 0 radical (unpaired) electrons. The minimum absolute atomic E-state index is 0.0817. The molecule has 0 saturated heterocycles. The van der Waals surface area contributed by atoms with Crippen LogP contribution in [0, 0.1) is 3.57 Å². The molecule has 1 heterocycles. The van der Waals surface area contributed by atoms with Crippen LogP contribution in [-0.2, 0) is 14.4 Å². The Labute approximate surface area is 287 Å². The zero-order chi connectivity index (χ0) is 33.1. The van der Waals surface area contributed by atoms with Crippen molar-refractivity contribution in [2.24, 2.45) is 4.99 Å². The van der Waals surface area contributed by atoms with Crippen molar-refractivity contribution in [2.45, 2.75) is 19.9 Å². The summed E-state index contributed by atoms with van der Waals surface area (Å²) < 4.78 is 12.0. The summed E-state index contributed by atoms with van der Waals surface area (Å²) >= 11 is 3.13. The average molecular weight is 748 g/mol. The fourth-order valence-electron chi connectivity index (χ4n) is 4.69. The number of amides is 3. The van der Waals surface area contributed by atoms with E-state index in [0.29, 0.717) is 29.4 Å². The maximum absolute atomic E-state index is 14.0. The van der Waals surface area contributed by atoms with Crippen molar-refractivity contribution >= 4 is 63.3 Å². The van der Waals surface area contributed by atoms with Crippen LogP contribution >= 0.6 is 34.4 Å². The number of benzene rings is 3. The lowest BCUT2D eigenvalue weighted by atomic mass is 9.99. The molecule has 0 aliphatic carbocycles. The first-order valence-corrected chi connectivity index (χ1v) is 16.5. The summed E-state index contributed by atoms with van der Waals surface area (Å²) in [5.41, 5.74) is 2.77. The number of carbonyl (C=O) groups excluding carboxylic acids is 3. The predicted molar refractivity (Wildman–Crippen MR) is 193 cm³/mol. The Morgan fingerprint density at radius 2 is 1.74 bits per heavy atom. The Morgan fingerprint density at radius 3 is 2.30 bits per heavy atom. The lowest BCUT2D eigenvalue weighted by Crippen LogP contribution is -2.42. The first-order valence-electron chi connectivity index (χ1n) is 14.5. The van der Waals surface area contributed by atoms with E-state index in [1.165, 1.54) is 11.0 Å². The topological polar surface area (TPSA) is 97.3 Å². The Morgan fingerprint density at radius 1 is 1.09 bits per heavy atom. The van der Waals surface area contributed by atoms with Crippen molar-refractivity contribution in [2.75, 3.05) is 19.5 Å². The molecule has 0 bridgehead atoms. The second-order valence-corrected chi connectivity index (χ2v) is 11.9. The molecule has 3 amide bonds. The number of nitrogens with one attached hydrogen (secondary N) is 1. The van der Waals surface area contributed by atoms with E-state index in [1.54, 1.807) is 50.5 Å². The van der Waals surface area contributed by atoms with E-state index in [1.807, 2.05) is 67.6 Å². The molecule has 0 aromatic heterocycles. The van der Waals surface area contributed by atoms with Gasteiger partial charge in [-0.3, -0.25) is 19.3 Å². The second-order valence-electron chi connectivity index (χ2n) is 9.78. The number of carbonyl (C=O) groups is 3. The van der Waals surface area contributed by atoms with Crippen LogP contribution in [0.4, 0.5) is 0 Å². The predicted octanol–water partition coefficient (Wildman–Crippen LogP) is 7.09. The van der Waals surface area contributed by atoms with Crippen molar-refractivity contribution in [3.63, 3.8) is 0 Å². The summed E-state index contributed by atoms with van der Waals surface area (Å²) in [5.74, 6) is -0.583. The third-order valence-electron chi connectivity index (χ3n) is 6.76. The smallest absolute Gasteiger partial charge is 0.285 e. The maximum Gasteiger partial charge on any atom is 0.285 e. The van der Waals surface area contributed by atoms with E-state index in [2.05, 4.69) is 39.5 Å². The Hall–Kier alpha value is -4.42. The minimum atomic E-state index is -0.706. The van der Waals surface area contributed by atoms with Gasteiger partial charge in [-0.1, -0.05) is 97.2 Å². The number of aliphatic imine (C=N–C) groups is 1. The number of halogens is 1. The molecule has 1 aliphatic rings. The fourth-order valence-corrected chi connectivity index (χ4v) is 6.35. The lowest BCUT2D eigenvalue weighted by molar-refractivity contribution is -0.126. The summed E-state index contributed by atoms with van der Waals surface area (Å²) in [6.07, 6.45) is 8.18. The van der Waals surface area contributed by atoms with Crippen molar-refractivity contribution in [3.05, 3.63) is 135 Å². The SMILES string of the molecule is C=C/C=C\C(=C/C)N1C(=O)/C(=C/c2cc(I)c(OC)c(OCC)c2)C(=O)N=C1SCC(=O)NC(c1ccccc1)c1ccccc1. The van der Waals surface area contributed by atoms with Gasteiger partial charge in [0.1, 0.15) is 5.57 Å². The number of hydrogen-bond donors (Lipinski definition) is 1. The van der Waals surface area contributed by atoms with Crippen LogP contribution in [0.25, 0.3) is 6.08 Å². The second kappa shape index (κ2) is 16.8. The molecule has 1 N–H and O–H groups in total. The molecule has 0 spiro atoms. The maximum atomic E-state index is 14.0. The van der Waals surface area contributed by atoms with E-state index in [-0.39, 0.29) is 28.4 Å². The standard InChI is InChI=1S/C36H34IN3O5S/c1-5-8-19-27(6-2)40-35(43)28(20-24-21-29(37)33(44-4)30(22-24)45-7-3)34(42)39-36(40)46-23-31(41)38-32(25-15-11-9-12-16-25)26-17-13-10-14-18-26/h5-6,8-22,32H,1,7,23H2,2-4H3,(H,38,41)/b19-8-,27-6+,28-20+. The van der Waals surface area contributed by atoms with E-state index >= 15 is 0 Å². The molecule has 8 nitrogen and oxygen atoms in total. The van der Waals surface area contributed by atoms with Gasteiger partial charge in [0.2, 0.25) is 5.91 Å². The minimum Gasteiger partial charge on any atom is -0.492 e. The molecule has 46 heavy (non-hydrogen) atoms. The third-order valence-corrected chi connectivity index (χ3v) is 8.50. The Balaban J connectivity index is 1.65.